The number of rotatable bonds is 4. The summed E-state index contributed by atoms with van der Waals surface area (Å²) >= 11 is 0. The van der Waals surface area contributed by atoms with E-state index in [9.17, 15) is 0 Å². The van der Waals surface area contributed by atoms with Crippen molar-refractivity contribution in [1.29, 1.82) is 0 Å². The Morgan fingerprint density at radius 2 is 2.00 bits per heavy atom. The smallest absolute Gasteiger partial charge is 0.150 e. The second kappa shape index (κ2) is 5.57. The molecule has 1 unspecified atom stereocenters. The van der Waals surface area contributed by atoms with Crippen LogP contribution in [0.4, 0.5) is 0 Å². The minimum absolute atomic E-state index is 0.249. The average molecular weight is 244 g/mol. The van der Waals surface area contributed by atoms with Gasteiger partial charge in [-0.2, -0.15) is 0 Å². The molecule has 2 rings (SSSR count). The maximum absolute atomic E-state index is 5.60. The second-order valence-corrected chi connectivity index (χ2v) is 3.99. The quantitative estimate of drug-likeness (QED) is 0.627. The maximum atomic E-state index is 5.60. The predicted octanol–water partition coefficient (Wildman–Crippen LogP) is 1.35. The number of hydrogen-bond acceptors (Lipinski definition) is 5. The molecule has 0 fully saturated rings. The molecule has 0 spiro atoms. The van der Waals surface area contributed by atoms with Crippen molar-refractivity contribution in [2.24, 2.45) is 5.84 Å². The first kappa shape index (κ1) is 12.5. The summed E-state index contributed by atoms with van der Waals surface area (Å²) in [4.78, 5) is 8.57. The summed E-state index contributed by atoms with van der Waals surface area (Å²) in [5, 5.41) is 0. The lowest BCUT2D eigenvalue weighted by Gasteiger charge is -2.15. The Morgan fingerprint density at radius 3 is 2.61 bits per heavy atom. The van der Waals surface area contributed by atoms with Gasteiger partial charge in [0, 0.05) is 12.4 Å². The number of nitrogens with two attached hydrogens (primary N) is 1. The number of aromatic nitrogens is 2. The van der Waals surface area contributed by atoms with Gasteiger partial charge in [0.2, 0.25) is 0 Å². The van der Waals surface area contributed by atoms with Crippen LogP contribution in [0.5, 0.6) is 5.75 Å². The number of nitrogens with one attached hydrogen (secondary N) is 1. The third-order valence-corrected chi connectivity index (χ3v) is 2.65. The molecule has 0 aliphatic rings. The van der Waals surface area contributed by atoms with E-state index in [0.717, 1.165) is 16.9 Å². The predicted molar refractivity (Wildman–Crippen MR) is 68.9 cm³/mol. The largest absolute Gasteiger partial charge is 0.497 e. The average Bonchev–Trinajstić information content (AvgIpc) is 2.42. The van der Waals surface area contributed by atoms with E-state index in [-0.39, 0.29) is 6.04 Å². The highest BCUT2D eigenvalue weighted by Gasteiger charge is 2.15. The summed E-state index contributed by atoms with van der Waals surface area (Å²) in [5.41, 5.74) is 4.70. The zero-order valence-corrected chi connectivity index (χ0v) is 10.4. The molecule has 3 N–H and O–H groups in total. The molecule has 1 heterocycles. The van der Waals surface area contributed by atoms with Crippen LogP contribution in [0.15, 0.2) is 36.7 Å². The van der Waals surface area contributed by atoms with Crippen molar-refractivity contribution in [2.75, 3.05) is 7.11 Å². The molecule has 5 heteroatoms. The number of methoxy groups -OCH3 is 1. The first-order chi connectivity index (χ1) is 8.74. The highest BCUT2D eigenvalue weighted by molar-refractivity contribution is 5.33. The first-order valence-corrected chi connectivity index (χ1v) is 5.63. The van der Waals surface area contributed by atoms with Gasteiger partial charge >= 0.3 is 0 Å². The Balaban J connectivity index is 2.35. The molecule has 0 saturated heterocycles. The summed E-state index contributed by atoms with van der Waals surface area (Å²) < 4.78 is 5.20. The monoisotopic (exact) mass is 244 g/mol. The van der Waals surface area contributed by atoms with E-state index in [1.807, 2.05) is 31.2 Å². The molecule has 1 aromatic carbocycles. The van der Waals surface area contributed by atoms with Crippen LogP contribution in [0.3, 0.4) is 0 Å². The molecule has 5 nitrogen and oxygen atoms in total. The van der Waals surface area contributed by atoms with Crippen molar-refractivity contribution in [3.8, 4) is 5.75 Å². The Bertz CT molecular complexity index is 513. The van der Waals surface area contributed by atoms with Crippen molar-refractivity contribution in [3.05, 3.63) is 53.6 Å². The molecule has 18 heavy (non-hydrogen) atoms. The van der Waals surface area contributed by atoms with Gasteiger partial charge in [-0.15, -0.1) is 0 Å². The van der Waals surface area contributed by atoms with Crippen molar-refractivity contribution < 1.29 is 4.74 Å². The highest BCUT2D eigenvalue weighted by atomic mass is 16.5. The lowest BCUT2D eigenvalue weighted by Crippen LogP contribution is -2.30. The van der Waals surface area contributed by atoms with Crippen LogP contribution in [0.2, 0.25) is 0 Å². The van der Waals surface area contributed by atoms with Crippen LogP contribution >= 0.6 is 0 Å². The van der Waals surface area contributed by atoms with Crippen LogP contribution in [-0.2, 0) is 0 Å². The summed E-state index contributed by atoms with van der Waals surface area (Å²) in [6.07, 6.45) is 3.54. The maximum Gasteiger partial charge on any atom is 0.150 e. The topological polar surface area (TPSA) is 73.1 Å². The fourth-order valence-electron chi connectivity index (χ4n) is 1.69. The molecule has 0 saturated carbocycles. The zero-order valence-electron chi connectivity index (χ0n) is 10.4. The zero-order chi connectivity index (χ0) is 13.0. The fourth-order valence-corrected chi connectivity index (χ4v) is 1.69. The van der Waals surface area contributed by atoms with Crippen LogP contribution in [0.25, 0.3) is 0 Å². The van der Waals surface area contributed by atoms with Gasteiger partial charge < -0.3 is 4.74 Å². The van der Waals surface area contributed by atoms with Crippen molar-refractivity contribution >= 4 is 0 Å². The van der Waals surface area contributed by atoms with E-state index in [2.05, 4.69) is 15.4 Å². The first-order valence-electron chi connectivity index (χ1n) is 5.63. The number of hydrazine groups is 1. The van der Waals surface area contributed by atoms with Crippen molar-refractivity contribution in [2.45, 2.75) is 13.0 Å². The van der Waals surface area contributed by atoms with Gasteiger partial charge in [0.05, 0.1) is 7.11 Å². The van der Waals surface area contributed by atoms with Crippen LogP contribution in [0, 0.1) is 6.92 Å². The van der Waals surface area contributed by atoms with Crippen LogP contribution in [-0.4, -0.2) is 17.1 Å². The summed E-state index contributed by atoms with van der Waals surface area (Å²) in [6.45, 7) is 1.94. The molecule has 0 aliphatic carbocycles. The number of aryl methyl sites for hydroxylation is 1. The van der Waals surface area contributed by atoms with Crippen LogP contribution < -0.4 is 16.0 Å². The van der Waals surface area contributed by atoms with Crippen molar-refractivity contribution in [1.82, 2.24) is 15.4 Å². The number of nitrogens with zero attached hydrogens (tertiary/aromatic N) is 2. The van der Waals surface area contributed by atoms with E-state index < -0.39 is 0 Å². The molecular weight excluding hydrogens is 228 g/mol. The molecule has 1 atom stereocenters. The van der Waals surface area contributed by atoms with Gasteiger partial charge in [0.25, 0.3) is 0 Å². The number of hydrogen-bond donors (Lipinski definition) is 2. The minimum Gasteiger partial charge on any atom is -0.497 e. The van der Waals surface area contributed by atoms with Gasteiger partial charge in [-0.1, -0.05) is 12.1 Å². The van der Waals surface area contributed by atoms with E-state index in [1.165, 1.54) is 0 Å². The lowest BCUT2D eigenvalue weighted by atomic mass is 10.1. The normalized spacial score (nSPS) is 12.2. The second-order valence-electron chi connectivity index (χ2n) is 3.99. The van der Waals surface area contributed by atoms with Gasteiger partial charge in [0.15, 0.2) is 5.82 Å². The van der Waals surface area contributed by atoms with Gasteiger partial charge in [-0.3, -0.25) is 5.84 Å². The Kier molecular flexibility index (Phi) is 3.86. The third-order valence-electron chi connectivity index (χ3n) is 2.65. The Labute approximate surface area is 106 Å². The van der Waals surface area contributed by atoms with Gasteiger partial charge in [0.1, 0.15) is 11.8 Å². The van der Waals surface area contributed by atoms with E-state index in [0.29, 0.717) is 5.82 Å². The lowest BCUT2D eigenvalue weighted by molar-refractivity contribution is 0.413. The Hall–Kier alpha value is -1.98. The molecule has 2 aromatic rings. The molecule has 0 amide bonds. The van der Waals surface area contributed by atoms with Crippen molar-refractivity contribution in [3.63, 3.8) is 0 Å². The van der Waals surface area contributed by atoms with Crippen LogP contribution in [0.1, 0.15) is 23.0 Å². The third kappa shape index (κ3) is 2.64. The van der Waals surface area contributed by atoms with E-state index in [4.69, 9.17) is 10.6 Å². The summed E-state index contributed by atoms with van der Waals surface area (Å²) in [6, 6.07) is 7.41. The molecule has 0 aliphatic heterocycles. The van der Waals surface area contributed by atoms with E-state index in [1.54, 1.807) is 19.5 Å². The molecular formula is C13H16N4O. The molecule has 0 bridgehead atoms. The summed E-state index contributed by atoms with van der Waals surface area (Å²) in [7, 11) is 1.63. The summed E-state index contributed by atoms with van der Waals surface area (Å²) in [5.74, 6) is 7.01. The molecule has 1 aromatic heterocycles. The Morgan fingerprint density at radius 1 is 1.28 bits per heavy atom. The standard InChI is InChI=1S/C13H16N4O/c1-9-7-15-13(16-8-9)12(17-14)10-4-3-5-11(6-10)18-2/h3-8,12,17H,14H2,1-2H3. The van der Waals surface area contributed by atoms with Gasteiger partial charge in [-0.05, 0) is 30.2 Å². The molecule has 0 radical (unpaired) electrons. The van der Waals surface area contributed by atoms with Gasteiger partial charge in [-0.25, -0.2) is 15.4 Å². The SMILES string of the molecule is COc1cccc(C(NN)c2ncc(C)cn2)c1. The fraction of sp³-hybridized carbons (Fsp3) is 0.231. The number of benzene rings is 1. The molecule has 94 valence electrons. The number of ether oxygens (including phenoxy) is 1. The minimum atomic E-state index is -0.249. The van der Waals surface area contributed by atoms with E-state index >= 15 is 0 Å². The highest BCUT2D eigenvalue weighted by Crippen LogP contribution is 2.22.